The molecule has 0 amide bonds. The van der Waals surface area contributed by atoms with E-state index < -0.39 is 0 Å². The van der Waals surface area contributed by atoms with Gasteiger partial charge in [-0.3, -0.25) is 0 Å². The maximum absolute atomic E-state index is 13.8. The van der Waals surface area contributed by atoms with E-state index in [9.17, 15) is 4.39 Å². The summed E-state index contributed by atoms with van der Waals surface area (Å²) in [7, 11) is 0. The van der Waals surface area contributed by atoms with Crippen molar-refractivity contribution in [2.24, 2.45) is 5.73 Å². The van der Waals surface area contributed by atoms with Crippen LogP contribution in [0.3, 0.4) is 0 Å². The second-order valence-corrected chi connectivity index (χ2v) is 5.51. The fourth-order valence-corrected chi connectivity index (χ4v) is 2.84. The molecule has 1 heterocycles. The molecule has 1 aliphatic heterocycles. The van der Waals surface area contributed by atoms with Crippen molar-refractivity contribution in [1.82, 2.24) is 0 Å². The highest BCUT2D eigenvalue weighted by Crippen LogP contribution is 2.43. The Balaban J connectivity index is 2.18. The van der Waals surface area contributed by atoms with E-state index >= 15 is 0 Å². The van der Waals surface area contributed by atoms with Crippen LogP contribution in [0.4, 0.5) is 4.39 Å². The Morgan fingerprint density at radius 1 is 1.25 bits per heavy atom. The number of nitrogens with two attached hydrogens (primary N) is 1. The van der Waals surface area contributed by atoms with Gasteiger partial charge in [-0.2, -0.15) is 0 Å². The van der Waals surface area contributed by atoms with Crippen LogP contribution in [0.5, 0.6) is 5.75 Å². The minimum absolute atomic E-state index is 0.122. The largest absolute Gasteiger partial charge is 0.488 e. The molecule has 5 heteroatoms. The average Bonchev–Trinajstić information content (AvgIpc) is 2.84. The summed E-state index contributed by atoms with van der Waals surface area (Å²) >= 11 is 12.2. The highest BCUT2D eigenvalue weighted by Gasteiger charge is 2.26. The van der Waals surface area contributed by atoms with Gasteiger partial charge in [0.1, 0.15) is 17.7 Å². The SMILES string of the molecule is NCC1Cc2cc(F)cc(-c3cccc(Cl)c3Cl)c2O1. The van der Waals surface area contributed by atoms with Crippen molar-refractivity contribution in [3.8, 4) is 16.9 Å². The van der Waals surface area contributed by atoms with Gasteiger partial charge in [0.15, 0.2) is 0 Å². The Morgan fingerprint density at radius 3 is 2.80 bits per heavy atom. The maximum Gasteiger partial charge on any atom is 0.131 e. The lowest BCUT2D eigenvalue weighted by molar-refractivity contribution is 0.242. The van der Waals surface area contributed by atoms with Gasteiger partial charge in [-0.1, -0.05) is 35.3 Å². The molecule has 0 saturated carbocycles. The Morgan fingerprint density at radius 2 is 2.05 bits per heavy atom. The van der Waals surface area contributed by atoms with E-state index in [0.29, 0.717) is 39.9 Å². The second kappa shape index (κ2) is 5.24. The number of rotatable bonds is 2. The van der Waals surface area contributed by atoms with Crippen LogP contribution < -0.4 is 10.5 Å². The molecule has 2 nitrogen and oxygen atoms in total. The van der Waals surface area contributed by atoms with Crippen LogP contribution in [0, 0.1) is 5.82 Å². The van der Waals surface area contributed by atoms with Gasteiger partial charge in [0.25, 0.3) is 0 Å². The van der Waals surface area contributed by atoms with Gasteiger partial charge in [0.2, 0.25) is 0 Å². The topological polar surface area (TPSA) is 35.2 Å². The van der Waals surface area contributed by atoms with Crippen LogP contribution >= 0.6 is 23.2 Å². The predicted octanol–water partition coefficient (Wildman–Crippen LogP) is 4.06. The van der Waals surface area contributed by atoms with Crippen LogP contribution in [0.25, 0.3) is 11.1 Å². The average molecular weight is 312 g/mol. The smallest absolute Gasteiger partial charge is 0.131 e. The number of halogens is 3. The zero-order valence-electron chi connectivity index (χ0n) is 10.5. The third-order valence-electron chi connectivity index (χ3n) is 3.37. The number of benzene rings is 2. The Bertz CT molecular complexity index is 675. The summed E-state index contributed by atoms with van der Waals surface area (Å²) in [5.74, 6) is 0.321. The second-order valence-electron chi connectivity index (χ2n) is 4.72. The Labute approximate surface area is 126 Å². The Kier molecular flexibility index (Phi) is 3.59. The summed E-state index contributed by atoms with van der Waals surface area (Å²) < 4.78 is 19.6. The summed E-state index contributed by atoms with van der Waals surface area (Å²) in [5, 5.41) is 0.817. The molecule has 0 bridgehead atoms. The van der Waals surface area contributed by atoms with Crippen molar-refractivity contribution in [2.75, 3.05) is 6.54 Å². The van der Waals surface area contributed by atoms with E-state index in [1.165, 1.54) is 12.1 Å². The van der Waals surface area contributed by atoms with E-state index in [4.69, 9.17) is 33.7 Å². The molecule has 0 spiro atoms. The fraction of sp³-hybridized carbons (Fsp3) is 0.200. The van der Waals surface area contributed by atoms with Crippen molar-refractivity contribution in [2.45, 2.75) is 12.5 Å². The molecule has 2 aromatic rings. The number of fused-ring (bicyclic) bond motifs is 1. The van der Waals surface area contributed by atoms with Crippen LogP contribution in [0.1, 0.15) is 5.56 Å². The van der Waals surface area contributed by atoms with E-state index in [0.717, 1.165) is 5.56 Å². The summed E-state index contributed by atoms with van der Waals surface area (Å²) in [4.78, 5) is 0. The molecule has 2 aromatic carbocycles. The third-order valence-corrected chi connectivity index (χ3v) is 4.19. The summed E-state index contributed by atoms with van der Waals surface area (Å²) in [6.45, 7) is 0.388. The van der Waals surface area contributed by atoms with Crippen molar-refractivity contribution in [3.05, 3.63) is 51.8 Å². The molecule has 20 heavy (non-hydrogen) atoms. The quantitative estimate of drug-likeness (QED) is 0.907. The van der Waals surface area contributed by atoms with E-state index in [2.05, 4.69) is 0 Å². The summed E-state index contributed by atoms with van der Waals surface area (Å²) in [6, 6.07) is 8.15. The van der Waals surface area contributed by atoms with Crippen LogP contribution in [0.2, 0.25) is 10.0 Å². The number of hydrogen-bond donors (Lipinski definition) is 1. The van der Waals surface area contributed by atoms with Crippen molar-refractivity contribution < 1.29 is 9.13 Å². The van der Waals surface area contributed by atoms with Crippen LogP contribution in [0.15, 0.2) is 30.3 Å². The highest BCUT2D eigenvalue weighted by atomic mass is 35.5. The lowest BCUT2D eigenvalue weighted by atomic mass is 10.00. The maximum atomic E-state index is 13.8. The van der Waals surface area contributed by atoms with E-state index in [-0.39, 0.29) is 11.9 Å². The zero-order chi connectivity index (χ0) is 14.3. The summed E-state index contributed by atoms with van der Waals surface area (Å²) in [6.07, 6.45) is 0.484. The first-order chi connectivity index (χ1) is 9.60. The zero-order valence-corrected chi connectivity index (χ0v) is 12.0. The van der Waals surface area contributed by atoms with Gasteiger partial charge in [-0.25, -0.2) is 4.39 Å². The first kappa shape index (κ1) is 13.7. The highest BCUT2D eigenvalue weighted by molar-refractivity contribution is 6.43. The minimum atomic E-state index is -0.323. The van der Waals surface area contributed by atoms with Crippen molar-refractivity contribution >= 4 is 23.2 Å². The standard InChI is InChI=1S/C15H12Cl2FNO/c16-13-3-1-2-11(14(13)17)12-6-9(18)4-8-5-10(7-19)20-15(8)12/h1-4,6,10H,5,7,19H2. The molecule has 1 unspecified atom stereocenters. The van der Waals surface area contributed by atoms with E-state index in [1.807, 2.05) is 0 Å². The van der Waals surface area contributed by atoms with Crippen molar-refractivity contribution in [1.29, 1.82) is 0 Å². The minimum Gasteiger partial charge on any atom is -0.488 e. The van der Waals surface area contributed by atoms with Gasteiger partial charge in [0, 0.05) is 29.7 Å². The molecular formula is C15H12Cl2FNO. The monoisotopic (exact) mass is 311 g/mol. The molecule has 104 valence electrons. The van der Waals surface area contributed by atoms with Gasteiger partial charge >= 0.3 is 0 Å². The molecule has 0 aliphatic carbocycles. The molecule has 2 N–H and O–H groups in total. The van der Waals surface area contributed by atoms with Crippen molar-refractivity contribution in [3.63, 3.8) is 0 Å². The molecule has 0 radical (unpaired) electrons. The Hall–Kier alpha value is -1.29. The first-order valence-corrected chi connectivity index (χ1v) is 6.99. The van der Waals surface area contributed by atoms with Crippen LogP contribution in [-0.2, 0) is 6.42 Å². The molecule has 1 aliphatic rings. The lowest BCUT2D eigenvalue weighted by Gasteiger charge is -2.12. The molecule has 0 fully saturated rings. The van der Waals surface area contributed by atoms with Gasteiger partial charge in [-0.15, -0.1) is 0 Å². The normalized spacial score (nSPS) is 16.9. The number of hydrogen-bond acceptors (Lipinski definition) is 2. The van der Waals surface area contributed by atoms with E-state index in [1.54, 1.807) is 18.2 Å². The third kappa shape index (κ3) is 2.26. The van der Waals surface area contributed by atoms with Crippen LogP contribution in [-0.4, -0.2) is 12.6 Å². The molecule has 1 atom stereocenters. The molecule has 0 aromatic heterocycles. The fourth-order valence-electron chi connectivity index (χ4n) is 2.44. The molecular weight excluding hydrogens is 300 g/mol. The summed E-state index contributed by atoms with van der Waals surface area (Å²) in [5.41, 5.74) is 7.71. The number of ether oxygens (including phenoxy) is 1. The van der Waals surface area contributed by atoms with Gasteiger partial charge in [0.05, 0.1) is 10.0 Å². The van der Waals surface area contributed by atoms with Gasteiger partial charge < -0.3 is 10.5 Å². The lowest BCUT2D eigenvalue weighted by Crippen LogP contribution is -2.24. The van der Waals surface area contributed by atoms with Gasteiger partial charge in [-0.05, 0) is 18.2 Å². The predicted molar refractivity (Wildman–Crippen MR) is 79.0 cm³/mol. The first-order valence-electron chi connectivity index (χ1n) is 6.23. The molecule has 0 saturated heterocycles. The molecule has 3 rings (SSSR count).